The maximum atomic E-state index is 11.6. The number of carbonyl (C=O) groups is 1. The number of rotatable bonds is 6. The third-order valence-corrected chi connectivity index (χ3v) is 6.23. The first-order chi connectivity index (χ1) is 16.1. The second kappa shape index (κ2) is 14.4. The summed E-state index contributed by atoms with van der Waals surface area (Å²) in [6.07, 6.45) is 2.13. The minimum atomic E-state index is 0.116. The fraction of sp³-hybridized carbons (Fsp3) is 0.407. The smallest absolute Gasteiger partial charge is 0.219 e. The molecule has 0 saturated carbocycles. The van der Waals surface area contributed by atoms with Crippen LogP contribution in [0.3, 0.4) is 0 Å². The van der Waals surface area contributed by atoms with E-state index in [1.165, 1.54) is 11.3 Å². The molecule has 0 aliphatic carbocycles. The number of benzene rings is 2. The molecule has 4 rings (SSSR count). The van der Waals surface area contributed by atoms with Crippen LogP contribution in [0.1, 0.15) is 50.3 Å². The van der Waals surface area contributed by atoms with E-state index in [1.54, 1.807) is 18.3 Å². The zero-order valence-electron chi connectivity index (χ0n) is 20.6. The maximum absolute atomic E-state index is 11.6. The highest BCUT2D eigenvalue weighted by Crippen LogP contribution is 2.32. The summed E-state index contributed by atoms with van der Waals surface area (Å²) in [6, 6.07) is 18.2. The van der Waals surface area contributed by atoms with Gasteiger partial charge in [0.05, 0.1) is 12.2 Å². The molecule has 6 heteroatoms. The standard InChI is InChI=1S/C21H20N2O2S.C4H11N.C2H6/c1-15(24)23-12-11-20-19(13-23)22-21(26-20)17-7-9-18(10-8-17)25-14-16-5-3-2-4-6-16;1-3-4-5-2;1-2/h2-10H,11-14H2,1H3;5H,3-4H2,1-2H3;1-2H3. The number of hydrogen-bond donors (Lipinski definition) is 1. The number of aromatic nitrogens is 1. The molecule has 1 N–H and O–H groups in total. The number of nitrogens with one attached hydrogen (secondary N) is 1. The van der Waals surface area contributed by atoms with Crippen molar-refractivity contribution in [2.45, 2.75) is 53.7 Å². The Labute approximate surface area is 202 Å². The van der Waals surface area contributed by atoms with Gasteiger partial charge < -0.3 is 15.0 Å². The second-order valence-corrected chi connectivity index (χ2v) is 8.57. The molecule has 1 aromatic heterocycles. The molecular weight excluding hydrogens is 430 g/mol. The van der Waals surface area contributed by atoms with Crippen LogP contribution in [0, 0.1) is 0 Å². The minimum absolute atomic E-state index is 0.116. The molecule has 0 fully saturated rings. The summed E-state index contributed by atoms with van der Waals surface area (Å²) in [7, 11) is 1.96. The van der Waals surface area contributed by atoms with Crippen molar-refractivity contribution in [2.75, 3.05) is 20.1 Å². The SMILES string of the molecule is CC.CC(=O)N1CCc2sc(-c3ccc(OCc4ccccc4)cc3)nc2C1.CCCNC. The number of carbonyl (C=O) groups excluding carboxylic acids is 1. The quantitative estimate of drug-likeness (QED) is 0.488. The fourth-order valence-electron chi connectivity index (χ4n) is 3.28. The van der Waals surface area contributed by atoms with Crippen molar-refractivity contribution in [3.63, 3.8) is 0 Å². The average molecular weight is 468 g/mol. The summed E-state index contributed by atoms with van der Waals surface area (Å²) in [5.41, 5.74) is 3.28. The predicted octanol–water partition coefficient (Wildman–Crippen LogP) is 5.94. The normalized spacial score (nSPS) is 12.0. The minimum Gasteiger partial charge on any atom is -0.489 e. The van der Waals surface area contributed by atoms with Crippen LogP contribution >= 0.6 is 11.3 Å². The number of ether oxygens (including phenoxy) is 1. The van der Waals surface area contributed by atoms with Crippen LogP contribution < -0.4 is 10.1 Å². The third kappa shape index (κ3) is 8.30. The summed E-state index contributed by atoms with van der Waals surface area (Å²) in [6.45, 7) is 10.9. The molecule has 0 unspecified atom stereocenters. The highest BCUT2D eigenvalue weighted by Gasteiger charge is 2.22. The van der Waals surface area contributed by atoms with Crippen LogP contribution in [0.5, 0.6) is 5.75 Å². The van der Waals surface area contributed by atoms with Crippen molar-refractivity contribution >= 4 is 17.2 Å². The lowest BCUT2D eigenvalue weighted by atomic mass is 10.2. The molecule has 3 aromatic rings. The average Bonchev–Trinajstić information content (AvgIpc) is 3.29. The largest absolute Gasteiger partial charge is 0.489 e. The van der Waals surface area contributed by atoms with E-state index >= 15 is 0 Å². The molecule has 1 aliphatic rings. The molecule has 0 saturated heterocycles. The summed E-state index contributed by atoms with van der Waals surface area (Å²) >= 11 is 1.73. The Morgan fingerprint density at radius 2 is 1.82 bits per heavy atom. The zero-order chi connectivity index (χ0) is 24.1. The van der Waals surface area contributed by atoms with Gasteiger partial charge in [0.1, 0.15) is 17.4 Å². The molecule has 0 spiro atoms. The van der Waals surface area contributed by atoms with E-state index in [2.05, 4.69) is 24.4 Å². The first kappa shape index (κ1) is 26.6. The molecule has 0 bridgehead atoms. The molecule has 2 aromatic carbocycles. The Kier molecular flexibility index (Phi) is 11.6. The number of thiazole rings is 1. The van der Waals surface area contributed by atoms with Crippen LogP contribution in [0.15, 0.2) is 54.6 Å². The fourth-order valence-corrected chi connectivity index (χ4v) is 4.34. The van der Waals surface area contributed by atoms with E-state index in [0.717, 1.165) is 47.1 Å². The van der Waals surface area contributed by atoms with Gasteiger partial charge in [-0.25, -0.2) is 4.98 Å². The predicted molar refractivity (Wildman–Crippen MR) is 139 cm³/mol. The molecular formula is C27H37N3O2S. The van der Waals surface area contributed by atoms with E-state index in [0.29, 0.717) is 13.2 Å². The Hall–Kier alpha value is -2.70. The van der Waals surface area contributed by atoms with Crippen LogP contribution in [-0.2, 0) is 24.4 Å². The van der Waals surface area contributed by atoms with Crippen molar-refractivity contribution < 1.29 is 9.53 Å². The van der Waals surface area contributed by atoms with Crippen molar-refractivity contribution in [2.24, 2.45) is 0 Å². The summed E-state index contributed by atoms with van der Waals surface area (Å²) in [5, 5.41) is 4.03. The molecule has 1 amide bonds. The topological polar surface area (TPSA) is 54.5 Å². The first-order valence-electron chi connectivity index (χ1n) is 11.8. The lowest BCUT2D eigenvalue weighted by molar-refractivity contribution is -0.129. The second-order valence-electron chi connectivity index (χ2n) is 7.48. The molecule has 0 atom stereocenters. The van der Waals surface area contributed by atoms with E-state index < -0.39 is 0 Å². The van der Waals surface area contributed by atoms with Crippen molar-refractivity contribution in [1.29, 1.82) is 0 Å². The maximum Gasteiger partial charge on any atom is 0.219 e. The summed E-state index contributed by atoms with van der Waals surface area (Å²) in [5.74, 6) is 0.965. The monoisotopic (exact) mass is 467 g/mol. The van der Waals surface area contributed by atoms with Crippen molar-refractivity contribution in [1.82, 2.24) is 15.2 Å². The first-order valence-corrected chi connectivity index (χ1v) is 12.6. The molecule has 178 valence electrons. The molecule has 33 heavy (non-hydrogen) atoms. The summed E-state index contributed by atoms with van der Waals surface area (Å²) in [4.78, 5) is 19.5. The van der Waals surface area contributed by atoms with Crippen LogP contribution in [0.25, 0.3) is 10.6 Å². The highest BCUT2D eigenvalue weighted by atomic mass is 32.1. The van der Waals surface area contributed by atoms with Crippen molar-refractivity contribution in [3.8, 4) is 16.3 Å². The molecule has 2 heterocycles. The molecule has 0 radical (unpaired) electrons. The van der Waals surface area contributed by atoms with Crippen LogP contribution in [0.4, 0.5) is 0 Å². The van der Waals surface area contributed by atoms with E-state index in [4.69, 9.17) is 9.72 Å². The van der Waals surface area contributed by atoms with Crippen LogP contribution in [0.2, 0.25) is 0 Å². The number of amides is 1. The Balaban J connectivity index is 0.000000489. The van der Waals surface area contributed by atoms with E-state index in [9.17, 15) is 4.79 Å². The lowest BCUT2D eigenvalue weighted by Crippen LogP contribution is -2.33. The summed E-state index contributed by atoms with van der Waals surface area (Å²) < 4.78 is 5.84. The Morgan fingerprint density at radius 1 is 1.12 bits per heavy atom. The van der Waals surface area contributed by atoms with E-state index in [1.807, 2.05) is 68.3 Å². The van der Waals surface area contributed by atoms with Gasteiger partial charge in [-0.15, -0.1) is 11.3 Å². The number of hydrogen-bond acceptors (Lipinski definition) is 5. The van der Waals surface area contributed by atoms with Gasteiger partial charge in [0.2, 0.25) is 5.91 Å². The third-order valence-electron chi connectivity index (χ3n) is 5.02. The van der Waals surface area contributed by atoms with Gasteiger partial charge >= 0.3 is 0 Å². The Bertz CT molecular complexity index is 953. The van der Waals surface area contributed by atoms with Gasteiger partial charge in [0, 0.05) is 30.3 Å². The van der Waals surface area contributed by atoms with Gasteiger partial charge in [-0.1, -0.05) is 51.1 Å². The van der Waals surface area contributed by atoms with Crippen LogP contribution in [-0.4, -0.2) is 35.9 Å². The number of nitrogens with zero attached hydrogens (tertiary/aromatic N) is 2. The van der Waals surface area contributed by atoms with Gasteiger partial charge in [-0.3, -0.25) is 4.79 Å². The van der Waals surface area contributed by atoms with Crippen molar-refractivity contribution in [3.05, 3.63) is 70.7 Å². The molecule has 1 aliphatic heterocycles. The van der Waals surface area contributed by atoms with Gasteiger partial charge in [-0.05, 0) is 49.8 Å². The highest BCUT2D eigenvalue weighted by molar-refractivity contribution is 7.15. The van der Waals surface area contributed by atoms with Gasteiger partial charge in [0.25, 0.3) is 0 Å². The number of fused-ring (bicyclic) bond motifs is 1. The van der Waals surface area contributed by atoms with Gasteiger partial charge in [0.15, 0.2) is 0 Å². The lowest BCUT2D eigenvalue weighted by Gasteiger charge is -2.24. The van der Waals surface area contributed by atoms with Gasteiger partial charge in [-0.2, -0.15) is 0 Å². The van der Waals surface area contributed by atoms with E-state index in [-0.39, 0.29) is 5.91 Å². The molecule has 5 nitrogen and oxygen atoms in total. The zero-order valence-corrected chi connectivity index (χ0v) is 21.4. The Morgan fingerprint density at radius 3 is 2.39 bits per heavy atom.